The fraction of sp³-hybridized carbons (Fsp3) is 0.286. The summed E-state index contributed by atoms with van der Waals surface area (Å²) in [5.74, 6) is -0.824. The molecule has 10 heteroatoms. The van der Waals surface area contributed by atoms with Gasteiger partial charge in [0.2, 0.25) is 21.8 Å². The molecule has 0 aromatic heterocycles. The van der Waals surface area contributed by atoms with Gasteiger partial charge in [0.15, 0.2) is 0 Å². The molecule has 1 unspecified atom stereocenters. The van der Waals surface area contributed by atoms with E-state index in [1.807, 2.05) is 68.4 Å². The fourth-order valence-corrected chi connectivity index (χ4v) is 5.41. The van der Waals surface area contributed by atoms with Crippen LogP contribution in [0.2, 0.25) is 5.02 Å². The number of nitrogens with one attached hydrogen (secondary N) is 1. The Morgan fingerprint density at radius 2 is 1.58 bits per heavy atom. The Bertz CT molecular complexity index is 1350. The molecular weight excluding hydrogens is 590 g/mol. The molecule has 3 aromatic carbocycles. The van der Waals surface area contributed by atoms with E-state index in [0.717, 1.165) is 26.2 Å². The summed E-state index contributed by atoms with van der Waals surface area (Å²) in [4.78, 5) is 28.9. The summed E-state index contributed by atoms with van der Waals surface area (Å²) in [6.45, 7) is 3.34. The van der Waals surface area contributed by atoms with Crippen molar-refractivity contribution in [1.29, 1.82) is 0 Å². The van der Waals surface area contributed by atoms with E-state index in [-0.39, 0.29) is 24.9 Å². The zero-order chi connectivity index (χ0) is 27.9. The van der Waals surface area contributed by atoms with E-state index in [9.17, 15) is 18.0 Å². The molecule has 0 fully saturated rings. The zero-order valence-electron chi connectivity index (χ0n) is 21.5. The summed E-state index contributed by atoms with van der Waals surface area (Å²) in [7, 11) is -3.83. The van der Waals surface area contributed by atoms with Crippen molar-refractivity contribution in [3.05, 3.63) is 99.5 Å². The highest BCUT2D eigenvalue weighted by molar-refractivity contribution is 9.10. The molecule has 202 valence electrons. The molecule has 2 amide bonds. The largest absolute Gasteiger partial charge is 0.352 e. The molecule has 0 radical (unpaired) electrons. The summed E-state index contributed by atoms with van der Waals surface area (Å²) in [5, 5.41) is 3.37. The predicted octanol–water partition coefficient (Wildman–Crippen LogP) is 5.03. The highest BCUT2D eigenvalue weighted by atomic mass is 79.9. The van der Waals surface area contributed by atoms with Crippen LogP contribution >= 0.6 is 27.5 Å². The van der Waals surface area contributed by atoms with Crippen molar-refractivity contribution in [3.63, 3.8) is 0 Å². The zero-order valence-corrected chi connectivity index (χ0v) is 24.6. The third kappa shape index (κ3) is 8.58. The van der Waals surface area contributed by atoms with Gasteiger partial charge in [0, 0.05) is 28.5 Å². The van der Waals surface area contributed by atoms with E-state index >= 15 is 0 Å². The quantitative estimate of drug-likeness (QED) is 0.326. The van der Waals surface area contributed by atoms with E-state index in [1.165, 1.54) is 4.90 Å². The van der Waals surface area contributed by atoms with E-state index in [0.29, 0.717) is 10.7 Å². The van der Waals surface area contributed by atoms with Crippen molar-refractivity contribution in [3.8, 4) is 0 Å². The molecule has 0 aliphatic rings. The minimum Gasteiger partial charge on any atom is -0.352 e. The Kier molecular flexibility index (Phi) is 10.4. The molecule has 3 aromatic rings. The Hall–Kier alpha value is -2.88. The van der Waals surface area contributed by atoms with Gasteiger partial charge in [-0.15, -0.1) is 0 Å². The number of nitrogens with zero attached hydrogens (tertiary/aromatic N) is 2. The lowest BCUT2D eigenvalue weighted by atomic mass is 10.0. The Morgan fingerprint density at radius 3 is 2.16 bits per heavy atom. The van der Waals surface area contributed by atoms with Crippen LogP contribution in [0, 0.1) is 0 Å². The van der Waals surface area contributed by atoms with Crippen LogP contribution < -0.4 is 9.62 Å². The second-order valence-electron chi connectivity index (χ2n) is 9.27. The average Bonchev–Trinajstić information content (AvgIpc) is 2.85. The van der Waals surface area contributed by atoms with Gasteiger partial charge < -0.3 is 10.2 Å². The van der Waals surface area contributed by atoms with Crippen LogP contribution in [0.15, 0.2) is 83.3 Å². The van der Waals surface area contributed by atoms with Crippen LogP contribution in [-0.2, 0) is 32.6 Å². The highest BCUT2D eigenvalue weighted by Gasteiger charge is 2.33. The van der Waals surface area contributed by atoms with Gasteiger partial charge in [-0.05, 0) is 61.4 Å². The second kappa shape index (κ2) is 13.3. The molecule has 38 heavy (non-hydrogen) atoms. The number of halogens is 2. The van der Waals surface area contributed by atoms with E-state index < -0.39 is 28.5 Å². The fourth-order valence-electron chi connectivity index (χ4n) is 3.99. The molecular formula is C28H31BrClN3O4S. The number of rotatable bonds is 11. The van der Waals surface area contributed by atoms with Gasteiger partial charge >= 0.3 is 0 Å². The van der Waals surface area contributed by atoms with Gasteiger partial charge in [0.05, 0.1) is 11.9 Å². The van der Waals surface area contributed by atoms with Crippen LogP contribution in [0.5, 0.6) is 0 Å². The minimum atomic E-state index is -3.83. The van der Waals surface area contributed by atoms with Gasteiger partial charge in [0.25, 0.3) is 0 Å². The third-order valence-corrected chi connectivity index (χ3v) is 7.62. The number of benzene rings is 3. The molecule has 3 rings (SSSR count). The average molecular weight is 621 g/mol. The summed E-state index contributed by atoms with van der Waals surface area (Å²) >= 11 is 9.46. The minimum absolute atomic E-state index is 0.111. The lowest BCUT2D eigenvalue weighted by molar-refractivity contribution is -0.140. The maximum Gasteiger partial charge on any atom is 0.244 e. The van der Waals surface area contributed by atoms with Crippen molar-refractivity contribution >= 4 is 55.1 Å². The number of anilines is 1. The van der Waals surface area contributed by atoms with Crippen molar-refractivity contribution in [2.45, 2.75) is 38.9 Å². The molecule has 0 saturated heterocycles. The SMILES string of the molecule is CC(C)NC(=O)C(Cc1ccccc1)N(Cc1cccc(Br)c1)C(=O)CN(c1ccc(Cl)cc1)S(C)(=O)=O. The molecule has 1 N–H and O–H groups in total. The number of carbonyl (C=O) groups excluding carboxylic acids is 2. The standard InChI is InChI=1S/C28H31BrClN3O4S/c1-20(2)31-28(35)26(17-21-8-5-4-6-9-21)32(18-22-10-7-11-23(29)16-22)27(34)19-33(38(3,36)37)25-14-12-24(30)13-15-25/h4-16,20,26H,17-19H2,1-3H3,(H,31,35). The number of amides is 2. The Balaban J connectivity index is 2.05. The van der Waals surface area contributed by atoms with Crippen LogP contribution in [-0.4, -0.2) is 50.0 Å². The third-order valence-electron chi connectivity index (χ3n) is 5.74. The molecule has 1 atom stereocenters. The summed E-state index contributed by atoms with van der Waals surface area (Å²) in [6.07, 6.45) is 1.30. The van der Waals surface area contributed by atoms with Gasteiger partial charge in [-0.1, -0.05) is 70.0 Å². The number of carbonyl (C=O) groups is 2. The summed E-state index contributed by atoms with van der Waals surface area (Å²) in [6, 6.07) is 22.1. The first-order valence-electron chi connectivity index (χ1n) is 12.1. The number of hydrogen-bond acceptors (Lipinski definition) is 4. The number of sulfonamides is 1. The molecule has 0 saturated carbocycles. The lowest BCUT2D eigenvalue weighted by Crippen LogP contribution is -2.54. The first-order valence-corrected chi connectivity index (χ1v) is 15.1. The Morgan fingerprint density at radius 1 is 0.947 bits per heavy atom. The van der Waals surface area contributed by atoms with Gasteiger partial charge in [0.1, 0.15) is 12.6 Å². The first-order chi connectivity index (χ1) is 17.9. The monoisotopic (exact) mass is 619 g/mol. The predicted molar refractivity (Wildman–Crippen MR) is 156 cm³/mol. The smallest absolute Gasteiger partial charge is 0.244 e. The highest BCUT2D eigenvalue weighted by Crippen LogP contribution is 2.23. The molecule has 0 aliphatic heterocycles. The van der Waals surface area contributed by atoms with Gasteiger partial charge in [-0.25, -0.2) is 8.42 Å². The normalized spacial score (nSPS) is 12.2. The molecule has 0 heterocycles. The van der Waals surface area contributed by atoms with Crippen molar-refractivity contribution < 1.29 is 18.0 Å². The van der Waals surface area contributed by atoms with E-state index in [4.69, 9.17) is 11.6 Å². The molecule has 7 nitrogen and oxygen atoms in total. The first kappa shape index (κ1) is 29.7. The molecule has 0 spiro atoms. The lowest BCUT2D eigenvalue weighted by Gasteiger charge is -2.34. The van der Waals surface area contributed by atoms with Crippen LogP contribution in [0.4, 0.5) is 5.69 Å². The maximum absolute atomic E-state index is 14.0. The Labute approximate surface area is 238 Å². The summed E-state index contributed by atoms with van der Waals surface area (Å²) < 4.78 is 27.4. The van der Waals surface area contributed by atoms with E-state index in [2.05, 4.69) is 21.2 Å². The maximum atomic E-state index is 14.0. The topological polar surface area (TPSA) is 86.8 Å². The van der Waals surface area contributed by atoms with Crippen LogP contribution in [0.3, 0.4) is 0 Å². The van der Waals surface area contributed by atoms with Crippen molar-refractivity contribution in [2.24, 2.45) is 0 Å². The van der Waals surface area contributed by atoms with E-state index in [1.54, 1.807) is 24.3 Å². The summed E-state index contributed by atoms with van der Waals surface area (Å²) in [5.41, 5.74) is 1.97. The van der Waals surface area contributed by atoms with Crippen molar-refractivity contribution in [2.75, 3.05) is 17.1 Å². The van der Waals surface area contributed by atoms with Crippen molar-refractivity contribution in [1.82, 2.24) is 10.2 Å². The van der Waals surface area contributed by atoms with Gasteiger partial charge in [-0.2, -0.15) is 0 Å². The number of hydrogen-bond donors (Lipinski definition) is 1. The van der Waals surface area contributed by atoms with Crippen LogP contribution in [0.25, 0.3) is 0 Å². The van der Waals surface area contributed by atoms with Crippen LogP contribution in [0.1, 0.15) is 25.0 Å². The molecule has 0 bridgehead atoms. The molecule has 0 aliphatic carbocycles. The second-order valence-corrected chi connectivity index (χ2v) is 12.5. The van der Waals surface area contributed by atoms with Gasteiger partial charge in [-0.3, -0.25) is 13.9 Å².